The zero-order valence-electron chi connectivity index (χ0n) is 17.7. The molecule has 0 unspecified atom stereocenters. The van der Waals surface area contributed by atoms with Crippen molar-refractivity contribution in [3.8, 4) is 11.3 Å². The lowest BCUT2D eigenvalue weighted by atomic mass is 9.95. The van der Waals surface area contributed by atoms with Crippen LogP contribution in [0.3, 0.4) is 0 Å². The van der Waals surface area contributed by atoms with Gasteiger partial charge in [-0.15, -0.1) is 10.2 Å². The van der Waals surface area contributed by atoms with Crippen LogP contribution in [0.15, 0.2) is 65.6 Å². The Labute approximate surface area is 187 Å². The lowest BCUT2D eigenvalue weighted by Crippen LogP contribution is -2.38. The Morgan fingerprint density at radius 1 is 1.00 bits per heavy atom. The number of aryl methyl sites for hydroxylation is 1. The van der Waals surface area contributed by atoms with Crippen LogP contribution in [0.1, 0.15) is 18.4 Å². The van der Waals surface area contributed by atoms with Gasteiger partial charge in [0.05, 0.1) is 10.6 Å². The maximum absolute atomic E-state index is 12.6. The van der Waals surface area contributed by atoms with Gasteiger partial charge in [0.25, 0.3) is 0 Å². The Morgan fingerprint density at radius 3 is 2.28 bits per heavy atom. The molecule has 1 fully saturated rings. The van der Waals surface area contributed by atoms with Gasteiger partial charge in [-0.2, -0.15) is 0 Å². The van der Waals surface area contributed by atoms with Crippen LogP contribution in [0, 0.1) is 12.8 Å². The molecule has 1 aliphatic heterocycles. The minimum atomic E-state index is -3.75. The summed E-state index contributed by atoms with van der Waals surface area (Å²) >= 11 is 0. The van der Waals surface area contributed by atoms with Gasteiger partial charge in [-0.25, -0.2) is 13.6 Å². The number of benzene rings is 2. The molecule has 0 atom stereocenters. The molecule has 0 spiro atoms. The largest absolute Gasteiger partial charge is 0.355 e. The normalized spacial score (nSPS) is 14.9. The fraction of sp³-hybridized carbons (Fsp3) is 0.261. The van der Waals surface area contributed by atoms with Gasteiger partial charge in [0.2, 0.25) is 15.9 Å². The number of nitrogens with zero attached hydrogens (tertiary/aromatic N) is 3. The fourth-order valence-electron chi connectivity index (χ4n) is 3.84. The smallest absolute Gasteiger partial charge is 0.238 e. The highest BCUT2D eigenvalue weighted by molar-refractivity contribution is 7.89. The molecular formula is C23H25N5O3S. The van der Waals surface area contributed by atoms with Crippen molar-refractivity contribution in [2.45, 2.75) is 24.7 Å². The van der Waals surface area contributed by atoms with E-state index in [2.05, 4.69) is 33.4 Å². The summed E-state index contributed by atoms with van der Waals surface area (Å²) in [5.74, 6) is 0.608. The third kappa shape index (κ3) is 4.95. The Morgan fingerprint density at radius 2 is 1.69 bits per heavy atom. The van der Waals surface area contributed by atoms with Gasteiger partial charge in [0.15, 0.2) is 5.82 Å². The number of nitrogens with one attached hydrogen (secondary N) is 1. The second kappa shape index (κ2) is 9.05. The molecule has 3 N–H and O–H groups in total. The number of hydrogen-bond donors (Lipinski definition) is 2. The average Bonchev–Trinajstić information content (AvgIpc) is 2.79. The second-order valence-electron chi connectivity index (χ2n) is 7.91. The summed E-state index contributed by atoms with van der Waals surface area (Å²) in [6, 6.07) is 17.9. The molecular weight excluding hydrogens is 426 g/mol. The van der Waals surface area contributed by atoms with Crippen molar-refractivity contribution < 1.29 is 13.2 Å². The van der Waals surface area contributed by atoms with Crippen LogP contribution < -0.4 is 15.4 Å². The summed E-state index contributed by atoms with van der Waals surface area (Å²) in [5, 5.41) is 16.8. The number of aromatic nitrogens is 2. The lowest BCUT2D eigenvalue weighted by Gasteiger charge is -2.31. The molecule has 3 aromatic rings. The first-order valence-corrected chi connectivity index (χ1v) is 11.9. The Hall–Kier alpha value is -3.30. The maximum atomic E-state index is 12.6. The number of hydrogen-bond acceptors (Lipinski definition) is 6. The first-order valence-electron chi connectivity index (χ1n) is 10.4. The number of amides is 1. The van der Waals surface area contributed by atoms with Crippen LogP contribution in [0.25, 0.3) is 11.3 Å². The minimum Gasteiger partial charge on any atom is -0.355 e. The van der Waals surface area contributed by atoms with E-state index in [-0.39, 0.29) is 16.7 Å². The van der Waals surface area contributed by atoms with Gasteiger partial charge in [0.1, 0.15) is 0 Å². The van der Waals surface area contributed by atoms with Crippen molar-refractivity contribution >= 4 is 27.4 Å². The second-order valence-corrected chi connectivity index (χ2v) is 9.47. The average molecular weight is 452 g/mol. The van der Waals surface area contributed by atoms with Crippen molar-refractivity contribution in [2.75, 3.05) is 23.3 Å². The van der Waals surface area contributed by atoms with Crippen LogP contribution in [0.2, 0.25) is 0 Å². The number of piperidine rings is 1. The highest BCUT2D eigenvalue weighted by Gasteiger charge is 2.26. The summed E-state index contributed by atoms with van der Waals surface area (Å²) in [6.45, 7) is 3.47. The number of nitrogens with two attached hydrogens (primary N) is 1. The van der Waals surface area contributed by atoms with Gasteiger partial charge >= 0.3 is 0 Å². The summed E-state index contributed by atoms with van der Waals surface area (Å²) in [5.41, 5.74) is 3.61. The highest BCUT2D eigenvalue weighted by Crippen LogP contribution is 2.25. The molecule has 1 saturated heterocycles. The number of primary sulfonamides is 1. The van der Waals surface area contributed by atoms with Crippen LogP contribution >= 0.6 is 0 Å². The highest BCUT2D eigenvalue weighted by atomic mass is 32.2. The topological polar surface area (TPSA) is 118 Å². The molecule has 1 aromatic heterocycles. The van der Waals surface area contributed by atoms with E-state index in [0.717, 1.165) is 22.6 Å². The lowest BCUT2D eigenvalue weighted by molar-refractivity contribution is -0.120. The van der Waals surface area contributed by atoms with E-state index in [9.17, 15) is 13.2 Å². The fourth-order valence-corrected chi connectivity index (χ4v) is 4.36. The van der Waals surface area contributed by atoms with Crippen molar-refractivity contribution in [1.82, 2.24) is 10.2 Å². The van der Waals surface area contributed by atoms with E-state index >= 15 is 0 Å². The quantitative estimate of drug-likeness (QED) is 0.616. The molecule has 0 saturated carbocycles. The first-order chi connectivity index (χ1) is 15.3. The SMILES string of the molecule is Cc1ccccc1-c1ccc(N2CCC(C(=O)Nc3ccc(S(N)(=O)=O)cc3)CC2)nn1. The van der Waals surface area contributed by atoms with Gasteiger partial charge in [-0.3, -0.25) is 4.79 Å². The molecule has 2 heterocycles. The summed E-state index contributed by atoms with van der Waals surface area (Å²) in [6.07, 6.45) is 1.39. The van der Waals surface area contributed by atoms with Gasteiger partial charge in [-0.05, 0) is 61.7 Å². The van der Waals surface area contributed by atoms with E-state index in [1.165, 1.54) is 12.1 Å². The molecule has 8 nitrogen and oxygen atoms in total. The van der Waals surface area contributed by atoms with Crippen LogP contribution in [-0.4, -0.2) is 37.6 Å². The molecule has 4 rings (SSSR count). The molecule has 1 amide bonds. The first kappa shape index (κ1) is 21.9. The Bertz CT molecular complexity index is 1200. The van der Waals surface area contributed by atoms with Crippen molar-refractivity contribution in [2.24, 2.45) is 11.1 Å². The predicted molar refractivity (Wildman–Crippen MR) is 124 cm³/mol. The van der Waals surface area contributed by atoms with E-state index in [0.29, 0.717) is 31.6 Å². The molecule has 166 valence electrons. The summed E-state index contributed by atoms with van der Waals surface area (Å²) in [4.78, 5) is 14.8. The standard InChI is InChI=1S/C23H25N5O3S/c1-16-4-2-3-5-20(16)21-10-11-22(27-26-21)28-14-12-17(13-15-28)23(29)25-18-6-8-19(9-7-18)32(24,30)31/h2-11,17H,12-15H2,1H3,(H,25,29)(H2,24,30,31). The molecule has 0 aliphatic carbocycles. The van der Waals surface area contributed by atoms with Crippen molar-refractivity contribution in [3.05, 3.63) is 66.2 Å². The van der Waals surface area contributed by atoms with Crippen molar-refractivity contribution in [3.63, 3.8) is 0 Å². The number of sulfonamides is 1. The monoisotopic (exact) mass is 451 g/mol. The number of anilines is 2. The minimum absolute atomic E-state index is 0.0124. The Kier molecular flexibility index (Phi) is 6.20. The Balaban J connectivity index is 1.34. The van der Waals surface area contributed by atoms with Gasteiger partial charge in [0, 0.05) is 30.3 Å². The van der Waals surface area contributed by atoms with Crippen LogP contribution in [0.4, 0.5) is 11.5 Å². The van der Waals surface area contributed by atoms with E-state index < -0.39 is 10.0 Å². The van der Waals surface area contributed by atoms with E-state index in [1.54, 1.807) is 12.1 Å². The number of rotatable bonds is 5. The van der Waals surface area contributed by atoms with Crippen molar-refractivity contribution in [1.29, 1.82) is 0 Å². The van der Waals surface area contributed by atoms with E-state index in [4.69, 9.17) is 5.14 Å². The van der Waals surface area contributed by atoms with E-state index in [1.807, 2.05) is 30.3 Å². The molecule has 0 bridgehead atoms. The van der Waals surface area contributed by atoms with Crippen LogP contribution in [-0.2, 0) is 14.8 Å². The zero-order valence-corrected chi connectivity index (χ0v) is 18.5. The molecule has 9 heteroatoms. The molecule has 0 radical (unpaired) electrons. The maximum Gasteiger partial charge on any atom is 0.238 e. The van der Waals surface area contributed by atoms with Crippen LogP contribution in [0.5, 0.6) is 0 Å². The van der Waals surface area contributed by atoms with Gasteiger partial charge in [-0.1, -0.05) is 24.3 Å². The molecule has 1 aliphatic rings. The molecule has 2 aromatic carbocycles. The number of carbonyl (C=O) groups is 1. The number of carbonyl (C=O) groups excluding carboxylic acids is 1. The summed E-state index contributed by atoms with van der Waals surface area (Å²) < 4.78 is 22.7. The molecule has 32 heavy (non-hydrogen) atoms. The van der Waals surface area contributed by atoms with Gasteiger partial charge < -0.3 is 10.2 Å². The summed E-state index contributed by atoms with van der Waals surface area (Å²) in [7, 11) is -3.75. The zero-order chi connectivity index (χ0) is 22.7. The third-order valence-corrected chi connectivity index (χ3v) is 6.64. The third-order valence-electron chi connectivity index (χ3n) is 5.71. The predicted octanol–water partition coefficient (Wildman–Crippen LogP) is 2.95.